The van der Waals surface area contributed by atoms with Gasteiger partial charge < -0.3 is 10.2 Å². The maximum atomic E-state index is 14.5. The first-order chi connectivity index (χ1) is 21.4. The molecule has 0 heterocycles. The van der Waals surface area contributed by atoms with Gasteiger partial charge in [-0.2, -0.15) is 0 Å². The maximum Gasteiger partial charge on any atom is 0.264 e. The number of carbonyl (C=O) groups is 2. The predicted octanol–water partition coefficient (Wildman–Crippen LogP) is 7.42. The number of sulfonamides is 1. The molecule has 0 aliphatic carbocycles. The molecular weight excluding hydrogens is 697 g/mol. The van der Waals surface area contributed by atoms with Gasteiger partial charge in [0.2, 0.25) is 11.8 Å². The Bertz CT molecular complexity index is 1730. The van der Waals surface area contributed by atoms with Crippen molar-refractivity contribution >= 4 is 66.7 Å². The minimum Gasteiger partial charge on any atom is -0.352 e. The largest absolute Gasteiger partial charge is 0.352 e. The van der Waals surface area contributed by atoms with Gasteiger partial charge in [0.05, 0.1) is 10.6 Å². The van der Waals surface area contributed by atoms with Crippen LogP contribution in [0, 0.1) is 6.92 Å². The van der Waals surface area contributed by atoms with Crippen LogP contribution in [0.3, 0.4) is 0 Å². The molecule has 7 nitrogen and oxygen atoms in total. The van der Waals surface area contributed by atoms with Crippen LogP contribution >= 0.6 is 39.1 Å². The van der Waals surface area contributed by atoms with Crippen molar-refractivity contribution < 1.29 is 18.0 Å². The van der Waals surface area contributed by atoms with Gasteiger partial charge in [-0.05, 0) is 68.8 Å². The highest BCUT2D eigenvalue weighted by atomic mass is 79.9. The molecule has 4 aromatic carbocycles. The third-order valence-corrected chi connectivity index (χ3v) is 10.1. The van der Waals surface area contributed by atoms with Crippen molar-refractivity contribution in [2.24, 2.45) is 0 Å². The highest BCUT2D eigenvalue weighted by molar-refractivity contribution is 9.10. The Hall–Kier alpha value is -3.37. The van der Waals surface area contributed by atoms with E-state index < -0.39 is 28.5 Å². The number of benzene rings is 4. The normalized spacial score (nSPS) is 12.1. The molecular formula is C34H34BrCl2N3O4S. The quantitative estimate of drug-likeness (QED) is 0.164. The first kappa shape index (κ1) is 34.5. The van der Waals surface area contributed by atoms with Crippen LogP contribution in [-0.2, 0) is 32.6 Å². The van der Waals surface area contributed by atoms with Crippen molar-refractivity contribution in [1.29, 1.82) is 0 Å². The van der Waals surface area contributed by atoms with E-state index in [0.29, 0.717) is 20.1 Å². The summed E-state index contributed by atoms with van der Waals surface area (Å²) in [4.78, 5) is 29.7. The number of hydrogen-bond donors (Lipinski definition) is 1. The monoisotopic (exact) mass is 729 g/mol. The molecule has 0 fully saturated rings. The molecule has 0 saturated carbocycles. The lowest BCUT2D eigenvalue weighted by Gasteiger charge is -2.34. The number of halogens is 3. The van der Waals surface area contributed by atoms with Gasteiger partial charge in [0, 0.05) is 39.1 Å². The van der Waals surface area contributed by atoms with Crippen molar-refractivity contribution in [3.05, 3.63) is 128 Å². The Balaban J connectivity index is 1.84. The number of hydrogen-bond acceptors (Lipinski definition) is 4. The lowest BCUT2D eigenvalue weighted by Crippen LogP contribution is -2.54. The predicted molar refractivity (Wildman–Crippen MR) is 184 cm³/mol. The van der Waals surface area contributed by atoms with Crippen LogP contribution in [0.1, 0.15) is 30.5 Å². The molecule has 1 atom stereocenters. The average Bonchev–Trinajstić information content (AvgIpc) is 2.99. The number of aryl methyl sites for hydroxylation is 1. The first-order valence-electron chi connectivity index (χ1n) is 14.3. The number of anilines is 1. The van der Waals surface area contributed by atoms with E-state index in [-0.39, 0.29) is 35.5 Å². The minimum absolute atomic E-state index is 0.0277. The van der Waals surface area contributed by atoms with Crippen LogP contribution in [0.2, 0.25) is 10.0 Å². The molecule has 2 amide bonds. The lowest BCUT2D eigenvalue weighted by molar-refractivity contribution is -0.140. The van der Waals surface area contributed by atoms with E-state index in [9.17, 15) is 18.0 Å². The SMILES string of the molecule is Cc1ccc(S(=O)(=O)N(CC(=O)N(Cc2c(Cl)cccc2Cl)[C@H](Cc2ccccc2)C(=O)NC(C)C)c2cccc(Br)c2)cc1. The highest BCUT2D eigenvalue weighted by Crippen LogP contribution is 2.30. The molecule has 0 bridgehead atoms. The van der Waals surface area contributed by atoms with Crippen LogP contribution in [0.4, 0.5) is 5.69 Å². The first-order valence-corrected chi connectivity index (χ1v) is 17.3. The van der Waals surface area contributed by atoms with Gasteiger partial charge in [-0.1, -0.05) is 99.3 Å². The summed E-state index contributed by atoms with van der Waals surface area (Å²) < 4.78 is 30.0. The molecule has 45 heavy (non-hydrogen) atoms. The van der Waals surface area contributed by atoms with Crippen LogP contribution in [0.5, 0.6) is 0 Å². The topological polar surface area (TPSA) is 86.8 Å². The summed E-state index contributed by atoms with van der Waals surface area (Å²) in [6.07, 6.45) is 0.175. The van der Waals surface area contributed by atoms with E-state index in [1.807, 2.05) is 51.1 Å². The van der Waals surface area contributed by atoms with Crippen LogP contribution in [0.25, 0.3) is 0 Å². The summed E-state index contributed by atoms with van der Waals surface area (Å²) in [5.74, 6) is -0.998. The fraction of sp³-hybridized carbons (Fsp3) is 0.235. The number of nitrogens with one attached hydrogen (secondary N) is 1. The van der Waals surface area contributed by atoms with Gasteiger partial charge in [-0.25, -0.2) is 8.42 Å². The Morgan fingerprint density at radius 3 is 2.09 bits per heavy atom. The van der Waals surface area contributed by atoms with Gasteiger partial charge in [0.15, 0.2) is 0 Å². The molecule has 0 aromatic heterocycles. The Kier molecular flexibility index (Phi) is 11.7. The molecule has 4 aromatic rings. The summed E-state index contributed by atoms with van der Waals surface area (Å²) in [6, 6.07) is 26.2. The second-order valence-corrected chi connectivity index (χ2v) is 14.5. The van der Waals surface area contributed by atoms with E-state index in [1.165, 1.54) is 17.0 Å². The molecule has 0 unspecified atom stereocenters. The van der Waals surface area contributed by atoms with Gasteiger partial charge in [-0.15, -0.1) is 0 Å². The molecule has 0 radical (unpaired) electrons. The molecule has 0 aliphatic rings. The van der Waals surface area contributed by atoms with Crippen LogP contribution in [0.15, 0.2) is 106 Å². The van der Waals surface area contributed by atoms with Crippen molar-refractivity contribution in [3.8, 4) is 0 Å². The van der Waals surface area contributed by atoms with Crippen molar-refractivity contribution in [3.63, 3.8) is 0 Å². The second-order valence-electron chi connectivity index (χ2n) is 10.9. The number of amides is 2. The fourth-order valence-electron chi connectivity index (χ4n) is 4.79. The van der Waals surface area contributed by atoms with Crippen molar-refractivity contribution in [1.82, 2.24) is 10.2 Å². The molecule has 0 aliphatic heterocycles. The van der Waals surface area contributed by atoms with E-state index >= 15 is 0 Å². The zero-order chi connectivity index (χ0) is 32.7. The fourth-order valence-corrected chi connectivity index (χ4v) is 7.10. The van der Waals surface area contributed by atoms with E-state index in [0.717, 1.165) is 15.4 Å². The molecule has 0 spiro atoms. The Morgan fingerprint density at radius 2 is 1.49 bits per heavy atom. The van der Waals surface area contributed by atoms with E-state index in [4.69, 9.17) is 23.2 Å². The third-order valence-electron chi connectivity index (χ3n) is 7.08. The second kappa shape index (κ2) is 15.3. The van der Waals surface area contributed by atoms with Crippen LogP contribution in [-0.4, -0.2) is 43.8 Å². The van der Waals surface area contributed by atoms with Gasteiger partial charge in [-0.3, -0.25) is 13.9 Å². The zero-order valence-corrected chi connectivity index (χ0v) is 29.0. The molecule has 11 heteroatoms. The van der Waals surface area contributed by atoms with Gasteiger partial charge >= 0.3 is 0 Å². The van der Waals surface area contributed by atoms with Crippen molar-refractivity contribution in [2.75, 3.05) is 10.8 Å². The summed E-state index contributed by atoms with van der Waals surface area (Å²) >= 11 is 16.5. The van der Waals surface area contributed by atoms with Gasteiger partial charge in [0.1, 0.15) is 12.6 Å². The lowest BCUT2D eigenvalue weighted by atomic mass is 10.0. The summed E-state index contributed by atoms with van der Waals surface area (Å²) in [5.41, 5.74) is 2.43. The Morgan fingerprint density at radius 1 is 0.867 bits per heavy atom. The summed E-state index contributed by atoms with van der Waals surface area (Å²) in [5, 5.41) is 3.57. The summed E-state index contributed by atoms with van der Waals surface area (Å²) in [7, 11) is -4.22. The third kappa shape index (κ3) is 8.88. The number of rotatable bonds is 12. The minimum atomic E-state index is -4.22. The molecule has 236 valence electrons. The van der Waals surface area contributed by atoms with Crippen molar-refractivity contribution in [2.45, 2.75) is 50.7 Å². The molecule has 4 rings (SSSR count). The smallest absolute Gasteiger partial charge is 0.264 e. The van der Waals surface area contributed by atoms with Gasteiger partial charge in [0.25, 0.3) is 10.0 Å². The van der Waals surface area contributed by atoms with Crippen LogP contribution < -0.4 is 9.62 Å². The number of nitrogens with zero attached hydrogens (tertiary/aromatic N) is 2. The van der Waals surface area contributed by atoms with E-state index in [1.54, 1.807) is 54.6 Å². The molecule has 0 saturated heterocycles. The highest BCUT2D eigenvalue weighted by Gasteiger charge is 2.35. The zero-order valence-electron chi connectivity index (χ0n) is 25.1. The standard InChI is InChI=1S/C34H34BrCl2N3O4S/c1-23(2)38-34(42)32(19-25-9-5-4-6-10-25)39(21-29-30(36)13-8-14-31(29)37)33(41)22-40(27-12-7-11-26(35)20-27)45(43,44)28-17-15-24(3)16-18-28/h4-18,20,23,32H,19,21-22H2,1-3H3,(H,38,42)/t32-/m1/s1. The Labute approximate surface area is 283 Å². The summed E-state index contributed by atoms with van der Waals surface area (Å²) in [6.45, 7) is 4.81. The average molecular weight is 732 g/mol. The number of carbonyl (C=O) groups excluding carboxylic acids is 2. The maximum absolute atomic E-state index is 14.5. The molecule has 1 N–H and O–H groups in total. The van der Waals surface area contributed by atoms with E-state index in [2.05, 4.69) is 21.2 Å².